The normalized spacial score (nSPS) is 15.9. The highest BCUT2D eigenvalue weighted by molar-refractivity contribution is 5.94. The third-order valence-electron chi connectivity index (χ3n) is 5.78. The van der Waals surface area contributed by atoms with Crippen molar-refractivity contribution in [2.24, 2.45) is 0 Å². The van der Waals surface area contributed by atoms with Crippen LogP contribution in [0.5, 0.6) is 11.6 Å². The van der Waals surface area contributed by atoms with Gasteiger partial charge in [-0.25, -0.2) is 4.98 Å². The van der Waals surface area contributed by atoms with Gasteiger partial charge < -0.3 is 9.64 Å². The first-order chi connectivity index (χ1) is 16.2. The third-order valence-corrected chi connectivity index (χ3v) is 5.78. The Morgan fingerprint density at radius 3 is 2.76 bits per heavy atom. The average Bonchev–Trinajstić information content (AvgIpc) is 3.39. The molecule has 1 atom stereocenters. The molecule has 1 aliphatic rings. The van der Waals surface area contributed by atoms with Gasteiger partial charge in [-0.05, 0) is 55.7 Å². The molecule has 1 aliphatic heterocycles. The van der Waals surface area contributed by atoms with Crippen LogP contribution >= 0.6 is 0 Å². The first-order valence-corrected chi connectivity index (χ1v) is 11.0. The van der Waals surface area contributed by atoms with Crippen molar-refractivity contribution in [2.45, 2.75) is 25.7 Å². The van der Waals surface area contributed by atoms with Gasteiger partial charge in [-0.1, -0.05) is 18.2 Å². The van der Waals surface area contributed by atoms with E-state index in [4.69, 9.17) is 9.72 Å². The standard InChI is InChI=1S/C25H24N6O2/c1-18-5-2-9-22(11-18)33-24-14-26-13-23(29-24)20-7-4-10-30(15-20)25(32)19-6-3-8-21(12-19)31-16-27-28-17-31/h2-3,5-6,8-9,11-14,16-17,20H,4,7,10,15H2,1H3/t20-/m0/s1. The van der Waals surface area contributed by atoms with Crippen molar-refractivity contribution in [2.75, 3.05) is 13.1 Å². The first-order valence-electron chi connectivity index (χ1n) is 11.0. The van der Waals surface area contributed by atoms with Crippen molar-refractivity contribution in [3.8, 4) is 17.3 Å². The number of hydrogen-bond acceptors (Lipinski definition) is 6. The Bertz CT molecular complexity index is 1260. The van der Waals surface area contributed by atoms with Crippen LogP contribution in [-0.2, 0) is 0 Å². The van der Waals surface area contributed by atoms with Crippen molar-refractivity contribution < 1.29 is 9.53 Å². The summed E-state index contributed by atoms with van der Waals surface area (Å²) in [6.45, 7) is 3.34. The molecule has 33 heavy (non-hydrogen) atoms. The van der Waals surface area contributed by atoms with E-state index < -0.39 is 0 Å². The Labute approximate surface area is 191 Å². The zero-order valence-corrected chi connectivity index (χ0v) is 18.3. The van der Waals surface area contributed by atoms with Crippen LogP contribution in [0, 0.1) is 6.92 Å². The maximum atomic E-state index is 13.3. The largest absolute Gasteiger partial charge is 0.437 e. The minimum atomic E-state index is 0.00903. The van der Waals surface area contributed by atoms with Gasteiger partial charge in [0.2, 0.25) is 5.88 Å². The van der Waals surface area contributed by atoms with Crippen molar-refractivity contribution in [1.82, 2.24) is 29.6 Å². The summed E-state index contributed by atoms with van der Waals surface area (Å²) in [6.07, 6.45) is 8.48. The monoisotopic (exact) mass is 440 g/mol. The van der Waals surface area contributed by atoms with Gasteiger partial charge in [-0.3, -0.25) is 14.3 Å². The van der Waals surface area contributed by atoms with Gasteiger partial charge in [-0.2, -0.15) is 0 Å². The number of rotatable bonds is 5. The summed E-state index contributed by atoms with van der Waals surface area (Å²) >= 11 is 0. The molecule has 0 bridgehead atoms. The zero-order chi connectivity index (χ0) is 22.6. The predicted molar refractivity (Wildman–Crippen MR) is 123 cm³/mol. The van der Waals surface area contributed by atoms with Crippen LogP contribution in [0.3, 0.4) is 0 Å². The highest BCUT2D eigenvalue weighted by atomic mass is 16.5. The van der Waals surface area contributed by atoms with Crippen LogP contribution in [0.25, 0.3) is 5.69 Å². The number of likely N-dealkylation sites (tertiary alicyclic amines) is 1. The highest BCUT2D eigenvalue weighted by Gasteiger charge is 2.27. The fourth-order valence-electron chi connectivity index (χ4n) is 4.13. The molecule has 8 heteroatoms. The van der Waals surface area contributed by atoms with E-state index in [1.807, 2.05) is 60.4 Å². The second-order valence-corrected chi connectivity index (χ2v) is 8.21. The topological polar surface area (TPSA) is 86.0 Å². The van der Waals surface area contributed by atoms with E-state index in [1.54, 1.807) is 29.6 Å². The minimum absolute atomic E-state index is 0.00903. The lowest BCUT2D eigenvalue weighted by atomic mass is 9.94. The molecular formula is C25H24N6O2. The van der Waals surface area contributed by atoms with Crippen LogP contribution in [0.4, 0.5) is 0 Å². The summed E-state index contributed by atoms with van der Waals surface area (Å²) in [5.41, 5.74) is 3.46. The number of hydrogen-bond donors (Lipinski definition) is 0. The number of carbonyl (C=O) groups excluding carboxylic acids is 1. The lowest BCUT2D eigenvalue weighted by molar-refractivity contribution is 0.0705. The van der Waals surface area contributed by atoms with Crippen LogP contribution in [0.1, 0.15) is 40.4 Å². The number of aryl methyl sites for hydroxylation is 1. The average molecular weight is 441 g/mol. The molecule has 1 amide bonds. The van der Waals surface area contributed by atoms with Crippen LogP contribution < -0.4 is 4.74 Å². The maximum absolute atomic E-state index is 13.3. The Hall–Kier alpha value is -4.07. The third kappa shape index (κ3) is 4.74. The van der Waals surface area contributed by atoms with E-state index in [0.717, 1.165) is 42.1 Å². The summed E-state index contributed by atoms with van der Waals surface area (Å²) in [5.74, 6) is 1.31. The van der Waals surface area contributed by atoms with Gasteiger partial charge in [0.05, 0.1) is 11.9 Å². The van der Waals surface area contributed by atoms with E-state index in [2.05, 4.69) is 15.2 Å². The first kappa shape index (κ1) is 20.8. The number of benzene rings is 2. The number of amides is 1. The second kappa shape index (κ2) is 9.20. The molecule has 5 rings (SSSR count). The molecule has 0 saturated carbocycles. The van der Waals surface area contributed by atoms with E-state index in [-0.39, 0.29) is 11.8 Å². The smallest absolute Gasteiger partial charge is 0.253 e. The number of carbonyl (C=O) groups is 1. The number of nitrogens with zero attached hydrogens (tertiary/aromatic N) is 6. The van der Waals surface area contributed by atoms with Gasteiger partial charge >= 0.3 is 0 Å². The Kier molecular flexibility index (Phi) is 5.80. The quantitative estimate of drug-likeness (QED) is 0.463. The lowest BCUT2D eigenvalue weighted by Crippen LogP contribution is -2.39. The molecule has 0 N–H and O–H groups in total. The fourth-order valence-corrected chi connectivity index (χ4v) is 4.13. The minimum Gasteiger partial charge on any atom is -0.437 e. The molecule has 8 nitrogen and oxygen atoms in total. The summed E-state index contributed by atoms with van der Waals surface area (Å²) in [7, 11) is 0. The van der Waals surface area contributed by atoms with Crippen molar-refractivity contribution >= 4 is 5.91 Å². The van der Waals surface area contributed by atoms with Crippen LogP contribution in [-0.4, -0.2) is 48.6 Å². The number of ether oxygens (including phenoxy) is 1. The molecule has 166 valence electrons. The predicted octanol–water partition coefficient (Wildman–Crippen LogP) is 4.18. The van der Waals surface area contributed by atoms with E-state index in [0.29, 0.717) is 18.0 Å². The van der Waals surface area contributed by atoms with Gasteiger partial charge in [-0.15, -0.1) is 10.2 Å². The molecular weight excluding hydrogens is 416 g/mol. The number of piperidine rings is 1. The Morgan fingerprint density at radius 2 is 1.91 bits per heavy atom. The van der Waals surface area contributed by atoms with E-state index in [9.17, 15) is 4.79 Å². The van der Waals surface area contributed by atoms with Gasteiger partial charge in [0, 0.05) is 36.5 Å². The fraction of sp³-hybridized carbons (Fsp3) is 0.240. The summed E-state index contributed by atoms with van der Waals surface area (Å²) < 4.78 is 7.70. The van der Waals surface area contributed by atoms with Crippen LogP contribution in [0.15, 0.2) is 73.6 Å². The molecule has 2 aromatic carbocycles. The van der Waals surface area contributed by atoms with Gasteiger partial charge in [0.15, 0.2) is 0 Å². The molecule has 4 aromatic rings. The molecule has 1 saturated heterocycles. The molecule has 0 spiro atoms. The molecule has 0 aliphatic carbocycles. The lowest BCUT2D eigenvalue weighted by Gasteiger charge is -2.32. The second-order valence-electron chi connectivity index (χ2n) is 8.21. The number of aromatic nitrogens is 5. The van der Waals surface area contributed by atoms with Gasteiger partial charge in [0.1, 0.15) is 18.4 Å². The van der Waals surface area contributed by atoms with Crippen molar-refractivity contribution in [3.05, 3.63) is 90.4 Å². The SMILES string of the molecule is Cc1cccc(Oc2cncc([C@H]3CCCN(C(=O)c4cccc(-n5cnnc5)c4)C3)n2)c1. The Morgan fingerprint density at radius 1 is 1.06 bits per heavy atom. The van der Waals surface area contributed by atoms with Crippen molar-refractivity contribution in [1.29, 1.82) is 0 Å². The van der Waals surface area contributed by atoms with Crippen LogP contribution in [0.2, 0.25) is 0 Å². The Balaban J connectivity index is 1.31. The van der Waals surface area contributed by atoms with E-state index >= 15 is 0 Å². The molecule has 3 heterocycles. The molecule has 1 fully saturated rings. The van der Waals surface area contributed by atoms with Crippen molar-refractivity contribution in [3.63, 3.8) is 0 Å². The summed E-state index contributed by atoms with van der Waals surface area (Å²) in [6, 6.07) is 15.3. The maximum Gasteiger partial charge on any atom is 0.253 e. The summed E-state index contributed by atoms with van der Waals surface area (Å²) in [4.78, 5) is 24.2. The van der Waals surface area contributed by atoms with E-state index in [1.165, 1.54) is 0 Å². The molecule has 0 unspecified atom stereocenters. The summed E-state index contributed by atoms with van der Waals surface area (Å²) in [5, 5.41) is 7.68. The molecule has 2 aromatic heterocycles. The zero-order valence-electron chi connectivity index (χ0n) is 18.3. The highest BCUT2D eigenvalue weighted by Crippen LogP contribution is 2.28. The van der Waals surface area contributed by atoms with Gasteiger partial charge in [0.25, 0.3) is 5.91 Å². The molecule has 0 radical (unpaired) electrons.